The zero-order chi connectivity index (χ0) is 2.00. The van der Waals surface area contributed by atoms with E-state index in [9.17, 15) is 0 Å². The molecule has 0 N–H and O–H groups in total. The average Bonchev–Trinajstić information content (AvgIpc) is 1.00. The predicted molar refractivity (Wildman–Crippen MR) is 34.8 cm³/mol. The Morgan fingerprint density at radius 1 is 1.25 bits per heavy atom. The van der Waals surface area contributed by atoms with Gasteiger partial charge in [-0.15, -0.1) is 24.0 Å². The first-order valence-corrected chi connectivity index (χ1v) is 1.79. The number of hydrogen-bond donors (Lipinski definition) is 0. The molecular formula is CH3I2V-. The molecule has 3 heteroatoms. The molecule has 0 fully saturated rings. The van der Waals surface area contributed by atoms with Gasteiger partial charge in [-0.05, 0) is 0 Å². The van der Waals surface area contributed by atoms with E-state index in [4.69, 9.17) is 0 Å². The molecule has 0 atom stereocenters. The van der Waals surface area contributed by atoms with E-state index in [1.54, 1.807) is 0 Å². The van der Waals surface area contributed by atoms with E-state index in [1.165, 1.54) is 0 Å². The van der Waals surface area contributed by atoms with Gasteiger partial charge in [0, 0.05) is 18.6 Å². The van der Waals surface area contributed by atoms with Crippen LogP contribution in [0.5, 0.6) is 0 Å². The van der Waals surface area contributed by atoms with Crippen molar-refractivity contribution in [3.05, 3.63) is 4.93 Å². The standard InChI is InChI=1S/CH2I.HI.V/c1-2;;/h1H2;1H;/q-1;;. The molecule has 0 nitrogen and oxygen atoms in total. The zero-order valence-corrected chi connectivity index (χ0v) is 7.83. The van der Waals surface area contributed by atoms with E-state index >= 15 is 0 Å². The monoisotopic (exact) mass is 320 g/mol. The Morgan fingerprint density at radius 2 is 1.25 bits per heavy atom. The van der Waals surface area contributed by atoms with Crippen LogP contribution in [-0.2, 0) is 18.6 Å². The van der Waals surface area contributed by atoms with Crippen molar-refractivity contribution in [1.82, 2.24) is 0 Å². The Morgan fingerprint density at radius 3 is 1.25 bits per heavy atom. The summed E-state index contributed by atoms with van der Waals surface area (Å²) < 4.78 is 0. The van der Waals surface area contributed by atoms with Gasteiger partial charge in [0.25, 0.3) is 0 Å². The summed E-state index contributed by atoms with van der Waals surface area (Å²) in [5.41, 5.74) is 0. The van der Waals surface area contributed by atoms with Crippen LogP contribution in [0.15, 0.2) is 0 Å². The van der Waals surface area contributed by atoms with Crippen LogP contribution in [0.1, 0.15) is 0 Å². The molecule has 27 valence electrons. The van der Waals surface area contributed by atoms with Gasteiger partial charge in [0.15, 0.2) is 0 Å². The largest absolute Gasteiger partial charge is 0.319 e. The molecule has 0 aromatic rings. The molecule has 0 aromatic heterocycles. The van der Waals surface area contributed by atoms with E-state index in [0.717, 1.165) is 0 Å². The fraction of sp³-hybridized carbons (Fsp3) is 0. The summed E-state index contributed by atoms with van der Waals surface area (Å²) >= 11 is 1.90. The van der Waals surface area contributed by atoms with Crippen molar-refractivity contribution in [3.8, 4) is 0 Å². The van der Waals surface area contributed by atoms with Crippen molar-refractivity contribution < 1.29 is 18.6 Å². The third-order valence-corrected chi connectivity index (χ3v) is 0. The maximum absolute atomic E-state index is 3.22. The average molecular weight is 320 g/mol. The fourth-order valence-corrected chi connectivity index (χ4v) is 0. The summed E-state index contributed by atoms with van der Waals surface area (Å²) in [6.45, 7) is 0. The van der Waals surface area contributed by atoms with Gasteiger partial charge >= 0.3 is 0 Å². The van der Waals surface area contributed by atoms with Crippen LogP contribution >= 0.6 is 46.6 Å². The second-order valence-electron chi connectivity index (χ2n) is 0. The van der Waals surface area contributed by atoms with Crippen molar-refractivity contribution in [3.63, 3.8) is 0 Å². The second-order valence-corrected chi connectivity index (χ2v) is 0. The molecule has 4 heavy (non-hydrogen) atoms. The Bertz CT molecular complexity index is 6.00. The molecule has 0 bridgehead atoms. The van der Waals surface area contributed by atoms with Crippen molar-refractivity contribution >= 4 is 46.6 Å². The van der Waals surface area contributed by atoms with Crippen LogP contribution in [0.2, 0.25) is 0 Å². The van der Waals surface area contributed by atoms with Gasteiger partial charge in [-0.25, -0.2) is 0 Å². The van der Waals surface area contributed by atoms with E-state index in [2.05, 4.69) is 4.93 Å². The normalized spacial score (nSPS) is 1.50. The van der Waals surface area contributed by atoms with E-state index in [0.29, 0.717) is 0 Å². The van der Waals surface area contributed by atoms with Crippen LogP contribution in [0.4, 0.5) is 0 Å². The maximum Gasteiger partial charge on any atom is 0 e. The molecule has 0 amide bonds. The fourth-order valence-electron chi connectivity index (χ4n) is 0. The van der Waals surface area contributed by atoms with E-state index < -0.39 is 0 Å². The number of halogens is 2. The molecule has 0 unspecified atom stereocenters. The smallest absolute Gasteiger partial charge is 0 e. The van der Waals surface area contributed by atoms with Crippen molar-refractivity contribution in [1.29, 1.82) is 0 Å². The van der Waals surface area contributed by atoms with Gasteiger partial charge in [-0.3, -0.25) is 4.93 Å². The Balaban J connectivity index is -0.00000000500. The molecule has 0 aliphatic heterocycles. The molecular weight excluding hydrogens is 317 g/mol. The summed E-state index contributed by atoms with van der Waals surface area (Å²) in [7, 11) is 0. The molecule has 0 rings (SSSR count). The van der Waals surface area contributed by atoms with Crippen LogP contribution in [0.3, 0.4) is 0 Å². The van der Waals surface area contributed by atoms with E-state index in [-0.39, 0.29) is 42.5 Å². The van der Waals surface area contributed by atoms with Gasteiger partial charge in [-0.2, -0.15) is 0 Å². The maximum atomic E-state index is 3.22. The van der Waals surface area contributed by atoms with Crippen LogP contribution in [-0.4, -0.2) is 0 Å². The van der Waals surface area contributed by atoms with Gasteiger partial charge in [0.05, 0.1) is 0 Å². The van der Waals surface area contributed by atoms with Gasteiger partial charge in [0.1, 0.15) is 0 Å². The molecule has 0 saturated carbocycles. The topological polar surface area (TPSA) is 0 Å². The molecule has 0 aliphatic rings. The zero-order valence-electron chi connectivity index (χ0n) is 1.94. The van der Waals surface area contributed by atoms with Gasteiger partial charge < -0.3 is 22.6 Å². The minimum absolute atomic E-state index is 0. The second kappa shape index (κ2) is 19.7. The summed E-state index contributed by atoms with van der Waals surface area (Å²) in [6.07, 6.45) is 0. The Kier molecular flexibility index (Phi) is 81.9. The molecule has 0 saturated heterocycles. The number of rotatable bonds is 0. The van der Waals surface area contributed by atoms with E-state index in [1.807, 2.05) is 22.6 Å². The first-order valence-electron chi connectivity index (χ1n) is 0.267. The Hall–Kier alpha value is 2.04. The first-order chi connectivity index (χ1) is 1.00. The third-order valence-electron chi connectivity index (χ3n) is 0. The quantitative estimate of drug-likeness (QED) is 0.472. The van der Waals surface area contributed by atoms with Gasteiger partial charge in [-0.1, -0.05) is 0 Å². The van der Waals surface area contributed by atoms with Crippen molar-refractivity contribution in [2.24, 2.45) is 0 Å². The molecule has 0 aromatic carbocycles. The van der Waals surface area contributed by atoms with Gasteiger partial charge in [0.2, 0.25) is 0 Å². The summed E-state index contributed by atoms with van der Waals surface area (Å²) in [4.78, 5) is 3.22. The minimum Gasteiger partial charge on any atom is -0.319 e. The Labute approximate surface area is 69.2 Å². The molecule has 0 heterocycles. The summed E-state index contributed by atoms with van der Waals surface area (Å²) in [5.74, 6) is 0. The molecule has 0 spiro atoms. The third kappa shape index (κ3) is 8.97. The molecule has 1 radical (unpaired) electrons. The van der Waals surface area contributed by atoms with Crippen molar-refractivity contribution in [2.75, 3.05) is 0 Å². The number of hydrogen-bond acceptors (Lipinski definition) is 0. The predicted octanol–water partition coefficient (Wildman–Crippen LogP) is 1.83. The SMILES string of the molecule is I.[CH2-]I.[V]. The van der Waals surface area contributed by atoms with Crippen LogP contribution in [0, 0.1) is 4.93 Å². The van der Waals surface area contributed by atoms with Crippen LogP contribution < -0.4 is 0 Å². The minimum atomic E-state index is 0. The summed E-state index contributed by atoms with van der Waals surface area (Å²) in [5, 5.41) is 0. The summed E-state index contributed by atoms with van der Waals surface area (Å²) in [6, 6.07) is 0. The van der Waals surface area contributed by atoms with Crippen LogP contribution in [0.25, 0.3) is 0 Å². The molecule has 0 aliphatic carbocycles. The van der Waals surface area contributed by atoms with Crippen molar-refractivity contribution in [2.45, 2.75) is 0 Å². The first kappa shape index (κ1) is 16.6.